The first-order valence-corrected chi connectivity index (χ1v) is 6.85. The Kier molecular flexibility index (Phi) is 4.26. The minimum Gasteiger partial charge on any atom is -0.481 e. The number of fused-ring (bicyclic) bond motifs is 1. The molecule has 2 rings (SSSR count). The van der Waals surface area contributed by atoms with Gasteiger partial charge in [-0.05, 0) is 6.92 Å². The Hall–Kier alpha value is -2.36. The van der Waals surface area contributed by atoms with Crippen LogP contribution in [-0.2, 0) is 9.59 Å². The van der Waals surface area contributed by atoms with Gasteiger partial charge in [-0.25, -0.2) is 9.97 Å². The fraction of sp³-hybridized carbons (Fsp3) is 0.364. The molecule has 0 bridgehead atoms. The number of aliphatic carboxylic acids is 1. The molecule has 0 aliphatic rings. The summed E-state index contributed by atoms with van der Waals surface area (Å²) in [6.45, 7) is 1.59. The Bertz CT molecular complexity index is 701. The number of primary amides is 1. The number of imidazole rings is 1. The molecule has 0 saturated carbocycles. The van der Waals surface area contributed by atoms with Crippen molar-refractivity contribution >= 4 is 34.8 Å². The van der Waals surface area contributed by atoms with Gasteiger partial charge in [0.05, 0.1) is 12.9 Å². The summed E-state index contributed by atoms with van der Waals surface area (Å²) in [6.07, 6.45) is 1.28. The fourth-order valence-electron chi connectivity index (χ4n) is 1.72. The number of rotatable bonds is 6. The average molecular weight is 311 g/mol. The number of carbonyl (C=O) groups excluding carboxylic acids is 1. The second-order valence-electron chi connectivity index (χ2n) is 4.08. The molecular formula is C11H13N5O4S. The molecule has 0 fully saturated rings. The van der Waals surface area contributed by atoms with Crippen molar-refractivity contribution in [2.75, 3.05) is 12.9 Å². The van der Waals surface area contributed by atoms with E-state index in [1.165, 1.54) is 18.0 Å². The predicted molar refractivity (Wildman–Crippen MR) is 74.1 cm³/mol. The third-order valence-electron chi connectivity index (χ3n) is 2.73. The number of aromatic nitrogens is 4. The highest BCUT2D eigenvalue weighted by Gasteiger charge is 2.23. The van der Waals surface area contributed by atoms with Crippen molar-refractivity contribution in [2.24, 2.45) is 5.73 Å². The fourth-order valence-corrected chi connectivity index (χ4v) is 2.51. The van der Waals surface area contributed by atoms with Gasteiger partial charge in [-0.3, -0.25) is 14.2 Å². The molecule has 2 aromatic rings. The summed E-state index contributed by atoms with van der Waals surface area (Å²) < 4.78 is 6.57. The van der Waals surface area contributed by atoms with Gasteiger partial charge < -0.3 is 15.6 Å². The number of methoxy groups -OCH3 is 1. The van der Waals surface area contributed by atoms with Crippen LogP contribution in [0.4, 0.5) is 0 Å². The Morgan fingerprint density at radius 3 is 2.81 bits per heavy atom. The minimum atomic E-state index is -0.997. The van der Waals surface area contributed by atoms with E-state index in [4.69, 9.17) is 15.6 Å². The smallest absolute Gasteiger partial charge is 0.313 e. The van der Waals surface area contributed by atoms with E-state index in [1.807, 2.05) is 0 Å². The summed E-state index contributed by atoms with van der Waals surface area (Å²) >= 11 is 0.967. The zero-order valence-electron chi connectivity index (χ0n) is 11.3. The Morgan fingerprint density at radius 1 is 1.52 bits per heavy atom. The van der Waals surface area contributed by atoms with Crippen LogP contribution < -0.4 is 10.5 Å². The third kappa shape index (κ3) is 2.89. The quantitative estimate of drug-likeness (QED) is 0.715. The molecule has 10 heteroatoms. The molecule has 21 heavy (non-hydrogen) atoms. The van der Waals surface area contributed by atoms with Crippen molar-refractivity contribution in [1.29, 1.82) is 0 Å². The van der Waals surface area contributed by atoms with Crippen LogP contribution in [0, 0.1) is 0 Å². The Labute approximate surface area is 123 Å². The number of hydrogen-bond acceptors (Lipinski definition) is 7. The van der Waals surface area contributed by atoms with Gasteiger partial charge in [0.15, 0.2) is 16.3 Å². The summed E-state index contributed by atoms with van der Waals surface area (Å²) in [7, 11) is 1.43. The number of carbonyl (C=O) groups is 2. The Balaban J connectivity index is 2.61. The van der Waals surface area contributed by atoms with Crippen molar-refractivity contribution in [3.05, 3.63) is 6.33 Å². The number of ether oxygens (including phenoxy) is 1. The standard InChI is InChI=1S/C11H13N5O4S/c1-5(8(12)19)16-9-7(10(20-2)14-4-13-9)15-11(16)21-3-6(17)18/h4-5H,3H2,1-2H3,(H2,12,19)(H,17,18). The lowest BCUT2D eigenvalue weighted by atomic mass is 10.3. The van der Waals surface area contributed by atoms with E-state index in [-0.39, 0.29) is 11.6 Å². The van der Waals surface area contributed by atoms with Crippen LogP contribution >= 0.6 is 11.8 Å². The summed E-state index contributed by atoms with van der Waals surface area (Å²) in [5.74, 6) is -1.54. The first-order chi connectivity index (χ1) is 9.95. The van der Waals surface area contributed by atoms with E-state index in [2.05, 4.69) is 15.0 Å². The van der Waals surface area contributed by atoms with Gasteiger partial charge in [-0.15, -0.1) is 0 Å². The zero-order chi connectivity index (χ0) is 15.6. The second kappa shape index (κ2) is 5.95. The van der Waals surface area contributed by atoms with Crippen LogP contribution in [0.25, 0.3) is 11.2 Å². The molecule has 2 heterocycles. The average Bonchev–Trinajstić information content (AvgIpc) is 2.82. The molecule has 0 aliphatic heterocycles. The van der Waals surface area contributed by atoms with Gasteiger partial charge in [-0.1, -0.05) is 11.8 Å². The summed E-state index contributed by atoms with van der Waals surface area (Å²) in [6, 6.07) is -0.731. The number of nitrogens with zero attached hydrogens (tertiary/aromatic N) is 4. The number of thioether (sulfide) groups is 1. The van der Waals surface area contributed by atoms with Gasteiger partial charge in [0.1, 0.15) is 12.4 Å². The summed E-state index contributed by atoms with van der Waals surface area (Å²) in [5, 5.41) is 9.10. The van der Waals surface area contributed by atoms with Crippen LogP contribution in [0.15, 0.2) is 11.5 Å². The molecule has 9 nitrogen and oxygen atoms in total. The lowest BCUT2D eigenvalue weighted by molar-refractivity contribution is -0.133. The normalized spacial score (nSPS) is 12.3. The first-order valence-electron chi connectivity index (χ1n) is 5.86. The summed E-state index contributed by atoms with van der Waals surface area (Å²) in [4.78, 5) is 34.5. The highest BCUT2D eigenvalue weighted by Crippen LogP contribution is 2.29. The largest absolute Gasteiger partial charge is 0.481 e. The van der Waals surface area contributed by atoms with Crippen LogP contribution in [0.1, 0.15) is 13.0 Å². The SMILES string of the molecule is COc1ncnc2c1nc(SCC(=O)O)n2C(C)C(N)=O. The number of amides is 1. The lowest BCUT2D eigenvalue weighted by Gasteiger charge is -2.12. The maximum Gasteiger partial charge on any atom is 0.313 e. The monoisotopic (exact) mass is 311 g/mol. The van der Waals surface area contributed by atoms with Crippen LogP contribution in [0.5, 0.6) is 5.88 Å². The van der Waals surface area contributed by atoms with Crippen LogP contribution in [-0.4, -0.2) is 49.4 Å². The highest BCUT2D eigenvalue weighted by molar-refractivity contribution is 7.99. The van der Waals surface area contributed by atoms with E-state index in [9.17, 15) is 9.59 Å². The van der Waals surface area contributed by atoms with Crippen LogP contribution in [0.3, 0.4) is 0 Å². The molecule has 1 atom stereocenters. The van der Waals surface area contributed by atoms with Crippen molar-refractivity contribution in [3.63, 3.8) is 0 Å². The van der Waals surface area contributed by atoms with Gasteiger partial charge >= 0.3 is 5.97 Å². The van der Waals surface area contributed by atoms with Crippen molar-refractivity contribution in [2.45, 2.75) is 18.1 Å². The van der Waals surface area contributed by atoms with Gasteiger partial charge in [-0.2, -0.15) is 4.98 Å². The predicted octanol–water partition coefficient (Wildman–Crippen LogP) is 0.0579. The van der Waals surface area contributed by atoms with Crippen LogP contribution in [0.2, 0.25) is 0 Å². The van der Waals surface area contributed by atoms with Crippen molar-refractivity contribution in [3.8, 4) is 5.88 Å². The van der Waals surface area contributed by atoms with E-state index in [0.29, 0.717) is 16.3 Å². The molecule has 3 N–H and O–H groups in total. The summed E-state index contributed by atoms with van der Waals surface area (Å²) in [5.41, 5.74) is 6.04. The molecule has 2 aromatic heterocycles. The zero-order valence-corrected chi connectivity index (χ0v) is 12.1. The van der Waals surface area contributed by atoms with E-state index < -0.39 is 17.9 Å². The van der Waals surface area contributed by atoms with Gasteiger partial charge in [0.2, 0.25) is 11.8 Å². The van der Waals surface area contributed by atoms with Crippen molar-refractivity contribution < 1.29 is 19.4 Å². The molecule has 0 saturated heterocycles. The lowest BCUT2D eigenvalue weighted by Crippen LogP contribution is -2.24. The molecule has 0 radical (unpaired) electrons. The molecule has 0 spiro atoms. The number of hydrogen-bond donors (Lipinski definition) is 2. The maximum atomic E-state index is 11.5. The number of carboxylic acid groups (broad SMARTS) is 1. The minimum absolute atomic E-state index is 0.204. The molecule has 1 amide bonds. The molecule has 0 aromatic carbocycles. The topological polar surface area (TPSA) is 133 Å². The van der Waals surface area contributed by atoms with Crippen molar-refractivity contribution in [1.82, 2.24) is 19.5 Å². The van der Waals surface area contributed by atoms with Gasteiger partial charge in [0.25, 0.3) is 0 Å². The Morgan fingerprint density at radius 2 is 2.24 bits per heavy atom. The molecular weight excluding hydrogens is 298 g/mol. The van der Waals surface area contributed by atoms with E-state index >= 15 is 0 Å². The second-order valence-corrected chi connectivity index (χ2v) is 5.02. The number of carboxylic acids is 1. The van der Waals surface area contributed by atoms with E-state index in [0.717, 1.165) is 11.8 Å². The van der Waals surface area contributed by atoms with E-state index in [1.54, 1.807) is 6.92 Å². The first kappa shape index (κ1) is 15.0. The molecule has 0 aliphatic carbocycles. The number of nitrogens with two attached hydrogens (primary N) is 1. The third-order valence-corrected chi connectivity index (χ3v) is 3.67. The highest BCUT2D eigenvalue weighted by atomic mass is 32.2. The maximum absolute atomic E-state index is 11.5. The van der Waals surface area contributed by atoms with Gasteiger partial charge in [0, 0.05) is 0 Å². The molecule has 1 unspecified atom stereocenters. The molecule has 112 valence electrons.